The Bertz CT molecular complexity index is 660. The highest BCUT2D eigenvalue weighted by Gasteiger charge is 2.19. The summed E-state index contributed by atoms with van der Waals surface area (Å²) in [6.07, 6.45) is 1.03. The second-order valence-corrected chi connectivity index (χ2v) is 7.04. The summed E-state index contributed by atoms with van der Waals surface area (Å²) in [6, 6.07) is 8.37. The normalized spacial score (nSPS) is 14.8. The average molecular weight is 398 g/mol. The van der Waals surface area contributed by atoms with Gasteiger partial charge < -0.3 is 14.4 Å². The molecule has 1 saturated heterocycles. The SMILES string of the molecule is CCCOc1ccccc1N1CCN(CCOc2scnc2C)CC1.Cl. The number of benzene rings is 1. The Kier molecular flexibility index (Phi) is 8.48. The molecule has 144 valence electrons. The number of aryl methyl sites for hydroxylation is 1. The maximum absolute atomic E-state index is 5.90. The van der Waals surface area contributed by atoms with E-state index in [0.29, 0.717) is 0 Å². The Hall–Kier alpha value is -1.50. The largest absolute Gasteiger partial charge is 0.491 e. The smallest absolute Gasteiger partial charge is 0.196 e. The predicted octanol–water partition coefficient (Wildman–Crippen LogP) is 3.86. The number of hydrogen-bond donors (Lipinski definition) is 0. The van der Waals surface area contributed by atoms with Crippen molar-refractivity contribution in [1.82, 2.24) is 9.88 Å². The number of thiazole rings is 1. The summed E-state index contributed by atoms with van der Waals surface area (Å²) in [7, 11) is 0. The Balaban J connectivity index is 0.00000243. The van der Waals surface area contributed by atoms with Gasteiger partial charge >= 0.3 is 0 Å². The van der Waals surface area contributed by atoms with Crippen LogP contribution in [0.5, 0.6) is 10.8 Å². The summed E-state index contributed by atoms with van der Waals surface area (Å²) in [4.78, 5) is 9.10. The quantitative estimate of drug-likeness (QED) is 0.676. The van der Waals surface area contributed by atoms with Gasteiger partial charge in [0.15, 0.2) is 5.06 Å². The lowest BCUT2D eigenvalue weighted by atomic mass is 10.2. The van der Waals surface area contributed by atoms with Crippen LogP contribution in [0.1, 0.15) is 19.0 Å². The molecule has 0 bridgehead atoms. The van der Waals surface area contributed by atoms with E-state index in [0.717, 1.165) is 68.9 Å². The van der Waals surface area contributed by atoms with Gasteiger partial charge in [-0.3, -0.25) is 4.90 Å². The predicted molar refractivity (Wildman–Crippen MR) is 110 cm³/mol. The van der Waals surface area contributed by atoms with Crippen LogP contribution in [0.15, 0.2) is 29.8 Å². The Morgan fingerprint density at radius 1 is 1.08 bits per heavy atom. The van der Waals surface area contributed by atoms with Crippen molar-refractivity contribution in [3.63, 3.8) is 0 Å². The van der Waals surface area contributed by atoms with Gasteiger partial charge in [0.1, 0.15) is 12.4 Å². The molecule has 26 heavy (non-hydrogen) atoms. The number of anilines is 1. The molecule has 0 radical (unpaired) electrons. The van der Waals surface area contributed by atoms with Gasteiger partial charge in [-0.25, -0.2) is 4.98 Å². The maximum Gasteiger partial charge on any atom is 0.196 e. The maximum atomic E-state index is 5.90. The molecule has 1 aliphatic heterocycles. The highest BCUT2D eigenvalue weighted by Crippen LogP contribution is 2.29. The second kappa shape index (κ2) is 10.6. The van der Waals surface area contributed by atoms with Crippen LogP contribution in [-0.2, 0) is 0 Å². The van der Waals surface area contributed by atoms with Crippen molar-refractivity contribution in [1.29, 1.82) is 0 Å². The van der Waals surface area contributed by atoms with Gasteiger partial charge in [0, 0.05) is 32.7 Å². The van der Waals surface area contributed by atoms with E-state index in [4.69, 9.17) is 9.47 Å². The summed E-state index contributed by atoms with van der Waals surface area (Å²) in [5.41, 5.74) is 4.03. The number of rotatable bonds is 8. The standard InChI is InChI=1S/C19H27N3O2S.ClH/c1-3-13-23-18-7-5-4-6-17(18)22-10-8-21(9-11-22)12-14-24-19-16(2)20-15-25-19;/h4-7,15H,3,8-14H2,1-2H3;1H. The zero-order chi connectivity index (χ0) is 17.5. The summed E-state index contributed by atoms with van der Waals surface area (Å²) in [6.45, 7) is 10.7. The molecule has 0 spiro atoms. The van der Waals surface area contributed by atoms with E-state index in [1.165, 1.54) is 5.69 Å². The molecule has 2 aromatic rings. The minimum absolute atomic E-state index is 0. The van der Waals surface area contributed by atoms with Gasteiger partial charge in [-0.1, -0.05) is 30.4 Å². The van der Waals surface area contributed by atoms with Crippen molar-refractivity contribution in [3.8, 4) is 10.8 Å². The van der Waals surface area contributed by atoms with Gasteiger partial charge in [-0.05, 0) is 25.5 Å². The first-order valence-corrected chi connectivity index (χ1v) is 9.88. The van der Waals surface area contributed by atoms with Crippen LogP contribution in [0.3, 0.4) is 0 Å². The summed E-state index contributed by atoms with van der Waals surface area (Å²) < 4.78 is 11.7. The van der Waals surface area contributed by atoms with Crippen molar-refractivity contribution in [2.75, 3.05) is 50.8 Å². The highest BCUT2D eigenvalue weighted by atomic mass is 35.5. The fourth-order valence-corrected chi connectivity index (χ4v) is 3.64. The lowest BCUT2D eigenvalue weighted by Crippen LogP contribution is -2.47. The highest BCUT2D eigenvalue weighted by molar-refractivity contribution is 7.11. The monoisotopic (exact) mass is 397 g/mol. The lowest BCUT2D eigenvalue weighted by Gasteiger charge is -2.36. The van der Waals surface area contributed by atoms with E-state index < -0.39 is 0 Å². The molecule has 5 nitrogen and oxygen atoms in total. The van der Waals surface area contributed by atoms with E-state index in [1.54, 1.807) is 11.3 Å². The molecular formula is C19H28ClN3O2S. The molecule has 7 heteroatoms. The summed E-state index contributed by atoms with van der Waals surface area (Å²) >= 11 is 1.57. The second-order valence-electron chi connectivity index (χ2n) is 6.22. The molecule has 0 unspecified atom stereocenters. The Morgan fingerprint density at radius 2 is 1.85 bits per heavy atom. The van der Waals surface area contributed by atoms with Crippen LogP contribution in [-0.4, -0.2) is 55.8 Å². The van der Waals surface area contributed by atoms with Gasteiger partial charge in [-0.2, -0.15) is 0 Å². The van der Waals surface area contributed by atoms with Gasteiger partial charge in [-0.15, -0.1) is 12.4 Å². The number of aromatic nitrogens is 1. The van der Waals surface area contributed by atoms with Crippen molar-refractivity contribution in [3.05, 3.63) is 35.5 Å². The number of para-hydroxylation sites is 2. The minimum atomic E-state index is 0. The third kappa shape index (κ3) is 5.50. The molecule has 0 aliphatic carbocycles. The molecular weight excluding hydrogens is 370 g/mol. The van der Waals surface area contributed by atoms with Crippen LogP contribution in [0, 0.1) is 6.92 Å². The van der Waals surface area contributed by atoms with Gasteiger partial charge in [0.2, 0.25) is 0 Å². The van der Waals surface area contributed by atoms with Crippen molar-refractivity contribution < 1.29 is 9.47 Å². The molecule has 0 saturated carbocycles. The fraction of sp³-hybridized carbons (Fsp3) is 0.526. The number of piperazine rings is 1. The third-order valence-electron chi connectivity index (χ3n) is 4.38. The van der Waals surface area contributed by atoms with E-state index in [9.17, 15) is 0 Å². The van der Waals surface area contributed by atoms with Crippen LogP contribution in [0.2, 0.25) is 0 Å². The zero-order valence-corrected chi connectivity index (χ0v) is 17.2. The molecule has 0 amide bonds. The van der Waals surface area contributed by atoms with Crippen LogP contribution < -0.4 is 14.4 Å². The number of hydrogen-bond acceptors (Lipinski definition) is 6. The number of nitrogens with zero attached hydrogens (tertiary/aromatic N) is 3. The molecule has 2 heterocycles. The molecule has 0 N–H and O–H groups in total. The first-order valence-electron chi connectivity index (χ1n) is 9.00. The minimum Gasteiger partial charge on any atom is -0.491 e. The van der Waals surface area contributed by atoms with E-state index >= 15 is 0 Å². The Labute approximate surface area is 166 Å². The Morgan fingerprint density at radius 3 is 2.54 bits per heavy atom. The van der Waals surface area contributed by atoms with Crippen LogP contribution >= 0.6 is 23.7 Å². The summed E-state index contributed by atoms with van der Waals surface area (Å²) in [5, 5.41) is 0.945. The van der Waals surface area contributed by atoms with Crippen LogP contribution in [0.25, 0.3) is 0 Å². The first kappa shape index (κ1) is 20.8. The molecule has 0 atom stereocenters. The number of halogens is 1. The fourth-order valence-electron chi connectivity index (χ4n) is 2.96. The van der Waals surface area contributed by atoms with E-state index in [1.807, 2.05) is 18.5 Å². The zero-order valence-electron chi connectivity index (χ0n) is 15.5. The summed E-state index contributed by atoms with van der Waals surface area (Å²) in [5.74, 6) is 1.00. The van der Waals surface area contributed by atoms with E-state index in [2.05, 4.69) is 39.9 Å². The first-order chi connectivity index (χ1) is 12.3. The lowest BCUT2D eigenvalue weighted by molar-refractivity contribution is 0.202. The van der Waals surface area contributed by atoms with E-state index in [-0.39, 0.29) is 12.4 Å². The molecule has 3 rings (SSSR count). The molecule has 1 aliphatic rings. The topological polar surface area (TPSA) is 37.8 Å². The number of ether oxygens (including phenoxy) is 2. The third-order valence-corrected chi connectivity index (χ3v) is 5.22. The van der Waals surface area contributed by atoms with Crippen LogP contribution in [0.4, 0.5) is 5.69 Å². The van der Waals surface area contributed by atoms with Gasteiger partial charge in [0.05, 0.1) is 23.5 Å². The van der Waals surface area contributed by atoms with Crippen molar-refractivity contribution in [2.24, 2.45) is 0 Å². The van der Waals surface area contributed by atoms with Crippen molar-refractivity contribution in [2.45, 2.75) is 20.3 Å². The van der Waals surface area contributed by atoms with Gasteiger partial charge in [0.25, 0.3) is 0 Å². The molecule has 1 fully saturated rings. The molecule has 1 aromatic heterocycles. The van der Waals surface area contributed by atoms with Crippen molar-refractivity contribution >= 4 is 29.4 Å². The molecule has 1 aromatic carbocycles. The average Bonchev–Trinajstić information content (AvgIpc) is 3.06.